The van der Waals surface area contributed by atoms with Crippen LogP contribution in [-0.4, -0.2) is 45.2 Å². The lowest BCUT2D eigenvalue weighted by Gasteiger charge is -2.20. The molecule has 1 aromatic heterocycles. The van der Waals surface area contributed by atoms with Crippen molar-refractivity contribution in [2.45, 2.75) is 26.3 Å². The van der Waals surface area contributed by atoms with Crippen LogP contribution in [0.4, 0.5) is 11.6 Å². The molecule has 3 amide bonds. The molecule has 3 rings (SSSR count). The summed E-state index contributed by atoms with van der Waals surface area (Å²) in [7, 11) is 0. The van der Waals surface area contributed by atoms with Crippen LogP contribution >= 0.6 is 0 Å². The molecule has 0 radical (unpaired) electrons. The summed E-state index contributed by atoms with van der Waals surface area (Å²) in [6.07, 6.45) is 3.30. The number of carbonyl (C=O) groups is 3. The molecule has 1 unspecified atom stereocenters. The maximum Gasteiger partial charge on any atom is 0.258 e. The molecule has 1 aliphatic heterocycles. The first-order chi connectivity index (χ1) is 12.9. The molecule has 2 heterocycles. The molecule has 0 aliphatic carbocycles. The van der Waals surface area contributed by atoms with E-state index in [0.717, 1.165) is 0 Å². The van der Waals surface area contributed by atoms with Gasteiger partial charge < -0.3 is 10.2 Å². The molecule has 8 heteroatoms. The van der Waals surface area contributed by atoms with Gasteiger partial charge in [-0.05, 0) is 44.2 Å². The van der Waals surface area contributed by atoms with Gasteiger partial charge in [0.05, 0.1) is 5.92 Å². The zero-order valence-corrected chi connectivity index (χ0v) is 15.2. The van der Waals surface area contributed by atoms with Crippen molar-refractivity contribution in [3.63, 3.8) is 0 Å². The molecule has 1 aliphatic rings. The van der Waals surface area contributed by atoms with Crippen LogP contribution in [-0.2, 0) is 9.59 Å². The lowest BCUT2D eigenvalue weighted by Crippen LogP contribution is -2.33. The van der Waals surface area contributed by atoms with Gasteiger partial charge in [-0.3, -0.25) is 19.7 Å². The number of amides is 3. The topological polar surface area (TPSA) is 104 Å². The van der Waals surface area contributed by atoms with Gasteiger partial charge in [0.2, 0.25) is 17.8 Å². The standard InChI is InChI=1S/C19H21N5O3/c1-12(2)24-11-14(10-16(24)25)18(27)22-15-6-4-13(5-7-15)17(26)23-19-20-8-3-9-21-19/h3-9,12,14H,10-11H2,1-2H3,(H,22,27)(H,20,21,23,26). The van der Waals surface area contributed by atoms with E-state index in [1.165, 1.54) is 12.4 Å². The fraction of sp³-hybridized carbons (Fsp3) is 0.316. The van der Waals surface area contributed by atoms with Gasteiger partial charge in [0, 0.05) is 42.7 Å². The Balaban J connectivity index is 1.58. The molecular weight excluding hydrogens is 346 g/mol. The van der Waals surface area contributed by atoms with Crippen molar-refractivity contribution in [1.82, 2.24) is 14.9 Å². The third-order valence-corrected chi connectivity index (χ3v) is 4.36. The average molecular weight is 367 g/mol. The summed E-state index contributed by atoms with van der Waals surface area (Å²) in [6, 6.07) is 8.25. The van der Waals surface area contributed by atoms with Crippen LogP contribution in [0.15, 0.2) is 42.7 Å². The summed E-state index contributed by atoms with van der Waals surface area (Å²) in [5, 5.41) is 5.40. The second-order valence-electron chi connectivity index (χ2n) is 6.63. The minimum atomic E-state index is -0.363. The first kappa shape index (κ1) is 18.5. The minimum absolute atomic E-state index is 0.000278. The predicted molar refractivity (Wildman–Crippen MR) is 100 cm³/mol. The Labute approximate surface area is 157 Å². The van der Waals surface area contributed by atoms with Crippen molar-refractivity contribution in [2.24, 2.45) is 5.92 Å². The first-order valence-electron chi connectivity index (χ1n) is 8.73. The molecule has 2 aromatic rings. The van der Waals surface area contributed by atoms with Gasteiger partial charge >= 0.3 is 0 Å². The van der Waals surface area contributed by atoms with Gasteiger partial charge in [-0.25, -0.2) is 9.97 Å². The molecular formula is C19H21N5O3. The maximum absolute atomic E-state index is 12.4. The number of rotatable bonds is 5. The van der Waals surface area contributed by atoms with E-state index in [0.29, 0.717) is 17.8 Å². The largest absolute Gasteiger partial charge is 0.339 e. The van der Waals surface area contributed by atoms with Crippen molar-refractivity contribution < 1.29 is 14.4 Å². The molecule has 1 aromatic carbocycles. The Bertz CT molecular complexity index is 836. The molecule has 0 bridgehead atoms. The zero-order chi connectivity index (χ0) is 19.4. The van der Waals surface area contributed by atoms with Gasteiger partial charge in [-0.1, -0.05) is 0 Å². The van der Waals surface area contributed by atoms with Crippen LogP contribution in [0.3, 0.4) is 0 Å². The van der Waals surface area contributed by atoms with E-state index in [4.69, 9.17) is 0 Å². The fourth-order valence-electron chi connectivity index (χ4n) is 2.89. The van der Waals surface area contributed by atoms with E-state index < -0.39 is 0 Å². The van der Waals surface area contributed by atoms with Gasteiger partial charge in [0.25, 0.3) is 5.91 Å². The number of aromatic nitrogens is 2. The van der Waals surface area contributed by atoms with E-state index in [9.17, 15) is 14.4 Å². The first-order valence-corrected chi connectivity index (χ1v) is 8.73. The second-order valence-corrected chi connectivity index (χ2v) is 6.63. The molecule has 2 N–H and O–H groups in total. The van der Waals surface area contributed by atoms with E-state index in [-0.39, 0.29) is 42.1 Å². The predicted octanol–water partition coefficient (Wildman–Crippen LogP) is 1.92. The van der Waals surface area contributed by atoms with Crippen LogP contribution in [0.25, 0.3) is 0 Å². The Kier molecular flexibility index (Phi) is 5.44. The Morgan fingerprint density at radius 2 is 1.78 bits per heavy atom. The van der Waals surface area contributed by atoms with Gasteiger partial charge in [0.15, 0.2) is 0 Å². The normalized spacial score (nSPS) is 16.5. The summed E-state index contributed by atoms with van der Waals surface area (Å²) in [5.41, 5.74) is 0.991. The molecule has 27 heavy (non-hydrogen) atoms. The second kappa shape index (κ2) is 7.94. The van der Waals surface area contributed by atoms with Gasteiger partial charge in [-0.15, -0.1) is 0 Å². The molecule has 0 saturated carbocycles. The lowest BCUT2D eigenvalue weighted by atomic mass is 10.1. The summed E-state index contributed by atoms with van der Waals surface area (Å²) >= 11 is 0. The smallest absolute Gasteiger partial charge is 0.258 e. The van der Waals surface area contributed by atoms with Crippen molar-refractivity contribution in [3.8, 4) is 0 Å². The number of likely N-dealkylation sites (tertiary alicyclic amines) is 1. The highest BCUT2D eigenvalue weighted by Gasteiger charge is 2.35. The summed E-state index contributed by atoms with van der Waals surface area (Å²) < 4.78 is 0. The molecule has 1 saturated heterocycles. The van der Waals surface area contributed by atoms with Crippen molar-refractivity contribution >= 4 is 29.4 Å². The van der Waals surface area contributed by atoms with E-state index in [1.807, 2.05) is 13.8 Å². The van der Waals surface area contributed by atoms with Crippen molar-refractivity contribution in [3.05, 3.63) is 48.3 Å². The van der Waals surface area contributed by atoms with Crippen LogP contribution in [0.2, 0.25) is 0 Å². The molecule has 1 fully saturated rings. The monoisotopic (exact) mass is 367 g/mol. The third-order valence-electron chi connectivity index (χ3n) is 4.36. The fourth-order valence-corrected chi connectivity index (χ4v) is 2.89. The SMILES string of the molecule is CC(C)N1CC(C(=O)Nc2ccc(C(=O)Nc3ncccn3)cc2)CC1=O. The van der Waals surface area contributed by atoms with Crippen molar-refractivity contribution in [1.29, 1.82) is 0 Å². The average Bonchev–Trinajstić information content (AvgIpc) is 3.05. The number of nitrogens with one attached hydrogen (secondary N) is 2. The van der Waals surface area contributed by atoms with E-state index >= 15 is 0 Å². The molecule has 0 spiro atoms. The molecule has 8 nitrogen and oxygen atoms in total. The molecule has 1 atom stereocenters. The number of benzene rings is 1. The number of nitrogens with zero attached hydrogens (tertiary/aromatic N) is 3. The number of carbonyl (C=O) groups excluding carboxylic acids is 3. The zero-order valence-electron chi connectivity index (χ0n) is 15.2. The highest BCUT2D eigenvalue weighted by atomic mass is 16.2. The van der Waals surface area contributed by atoms with Crippen LogP contribution in [0.5, 0.6) is 0 Å². The number of hydrogen-bond donors (Lipinski definition) is 2. The van der Waals surface area contributed by atoms with E-state index in [2.05, 4.69) is 20.6 Å². The Morgan fingerprint density at radius 1 is 1.11 bits per heavy atom. The number of hydrogen-bond acceptors (Lipinski definition) is 5. The summed E-state index contributed by atoms with van der Waals surface area (Å²) in [6.45, 7) is 4.30. The third kappa shape index (κ3) is 4.46. The highest BCUT2D eigenvalue weighted by molar-refractivity contribution is 6.04. The molecule has 140 valence electrons. The quantitative estimate of drug-likeness (QED) is 0.840. The van der Waals surface area contributed by atoms with Crippen LogP contribution < -0.4 is 10.6 Å². The van der Waals surface area contributed by atoms with E-state index in [1.54, 1.807) is 35.2 Å². The minimum Gasteiger partial charge on any atom is -0.339 e. The van der Waals surface area contributed by atoms with Gasteiger partial charge in [-0.2, -0.15) is 0 Å². The van der Waals surface area contributed by atoms with Crippen LogP contribution in [0.1, 0.15) is 30.6 Å². The summed E-state index contributed by atoms with van der Waals surface area (Å²) in [5.74, 6) is -0.673. The van der Waals surface area contributed by atoms with Crippen LogP contribution in [0, 0.1) is 5.92 Å². The Hall–Kier alpha value is -3.29. The highest BCUT2D eigenvalue weighted by Crippen LogP contribution is 2.22. The maximum atomic E-state index is 12.4. The Morgan fingerprint density at radius 3 is 2.37 bits per heavy atom. The lowest BCUT2D eigenvalue weighted by molar-refractivity contribution is -0.129. The van der Waals surface area contributed by atoms with Gasteiger partial charge in [0.1, 0.15) is 0 Å². The van der Waals surface area contributed by atoms with Crippen molar-refractivity contribution in [2.75, 3.05) is 17.2 Å². The summed E-state index contributed by atoms with van der Waals surface area (Å²) in [4.78, 5) is 46.1. The number of anilines is 2.